The van der Waals surface area contributed by atoms with Crippen LogP contribution in [0.2, 0.25) is 0 Å². The summed E-state index contributed by atoms with van der Waals surface area (Å²) in [5.41, 5.74) is 2.47. The Bertz CT molecular complexity index is 1510. The molecule has 0 aliphatic carbocycles. The van der Waals surface area contributed by atoms with Gasteiger partial charge in [0.1, 0.15) is 23.9 Å². The van der Waals surface area contributed by atoms with E-state index in [-0.39, 0.29) is 24.3 Å². The first-order valence-corrected chi connectivity index (χ1v) is 13.1. The molecule has 10 nitrogen and oxygen atoms in total. The fourth-order valence-electron chi connectivity index (χ4n) is 4.30. The molecule has 0 unspecified atom stereocenters. The molecule has 208 valence electrons. The zero-order valence-corrected chi connectivity index (χ0v) is 23.3. The highest BCUT2D eigenvalue weighted by molar-refractivity contribution is 6.02. The van der Waals surface area contributed by atoms with Crippen molar-refractivity contribution in [2.45, 2.75) is 52.2 Å². The van der Waals surface area contributed by atoms with Crippen LogP contribution in [0, 0.1) is 0 Å². The third-order valence-corrected chi connectivity index (χ3v) is 6.70. The van der Waals surface area contributed by atoms with Gasteiger partial charge in [0.2, 0.25) is 17.7 Å². The second kappa shape index (κ2) is 12.0. The van der Waals surface area contributed by atoms with Gasteiger partial charge in [0.15, 0.2) is 0 Å². The largest absolute Gasteiger partial charge is 0.497 e. The Morgan fingerprint density at radius 2 is 1.75 bits per heavy atom. The molecule has 0 spiro atoms. The highest BCUT2D eigenvalue weighted by Gasteiger charge is 2.35. The smallest absolute Gasteiger partial charge is 0.249 e. The molecule has 10 heteroatoms. The summed E-state index contributed by atoms with van der Waals surface area (Å²) in [6, 6.07) is 20.2. The third-order valence-electron chi connectivity index (χ3n) is 6.70. The van der Waals surface area contributed by atoms with Crippen LogP contribution in [0.4, 0.5) is 11.4 Å². The van der Waals surface area contributed by atoms with Crippen LogP contribution in [0.3, 0.4) is 0 Å². The van der Waals surface area contributed by atoms with Gasteiger partial charge in [-0.25, -0.2) is 4.68 Å². The molecule has 0 bridgehead atoms. The van der Waals surface area contributed by atoms with Gasteiger partial charge in [0.25, 0.3) is 0 Å². The van der Waals surface area contributed by atoms with E-state index in [1.165, 1.54) is 16.5 Å². The van der Waals surface area contributed by atoms with E-state index >= 15 is 0 Å². The van der Waals surface area contributed by atoms with Gasteiger partial charge in [-0.3, -0.25) is 19.3 Å². The lowest BCUT2D eigenvalue weighted by Gasteiger charge is -2.34. The maximum Gasteiger partial charge on any atom is 0.249 e. The van der Waals surface area contributed by atoms with Crippen LogP contribution in [0.25, 0.3) is 11.0 Å². The molecule has 4 rings (SSSR count). The maximum absolute atomic E-state index is 14.2. The number of carbonyl (C=O) groups is 3. The van der Waals surface area contributed by atoms with Crippen molar-refractivity contribution in [2.24, 2.45) is 0 Å². The predicted molar refractivity (Wildman–Crippen MR) is 154 cm³/mol. The molecular weight excluding hydrogens is 508 g/mol. The lowest BCUT2D eigenvalue weighted by molar-refractivity contribution is -0.128. The minimum atomic E-state index is -1.03. The van der Waals surface area contributed by atoms with Gasteiger partial charge < -0.3 is 15.4 Å². The summed E-state index contributed by atoms with van der Waals surface area (Å²) in [5.74, 6) is -0.377. The number of carbonyl (C=O) groups excluding carboxylic acids is 3. The molecule has 0 radical (unpaired) electrons. The van der Waals surface area contributed by atoms with Crippen LogP contribution in [0.1, 0.15) is 45.7 Å². The molecule has 3 aromatic carbocycles. The number of benzene rings is 3. The van der Waals surface area contributed by atoms with Crippen molar-refractivity contribution in [3.8, 4) is 5.75 Å². The highest BCUT2D eigenvalue weighted by Crippen LogP contribution is 2.32. The lowest BCUT2D eigenvalue weighted by atomic mass is 9.98. The Kier molecular flexibility index (Phi) is 8.47. The van der Waals surface area contributed by atoms with Crippen molar-refractivity contribution >= 4 is 40.1 Å². The first kappa shape index (κ1) is 28.3. The minimum absolute atomic E-state index is 0.154. The number of rotatable bonds is 10. The number of amides is 3. The zero-order valence-electron chi connectivity index (χ0n) is 23.3. The second-order valence-electron chi connectivity index (χ2n) is 10.1. The quantitative estimate of drug-likeness (QED) is 0.305. The van der Waals surface area contributed by atoms with Crippen LogP contribution < -0.4 is 20.3 Å². The molecule has 40 heavy (non-hydrogen) atoms. The molecule has 4 aromatic rings. The third kappa shape index (κ3) is 6.45. The molecule has 0 saturated heterocycles. The topological polar surface area (TPSA) is 118 Å². The Hall–Kier alpha value is -4.73. The van der Waals surface area contributed by atoms with E-state index in [1.807, 2.05) is 45.0 Å². The van der Waals surface area contributed by atoms with Crippen molar-refractivity contribution < 1.29 is 19.1 Å². The van der Waals surface area contributed by atoms with Crippen molar-refractivity contribution in [1.82, 2.24) is 20.3 Å². The average Bonchev–Trinajstić information content (AvgIpc) is 3.34. The van der Waals surface area contributed by atoms with Crippen LogP contribution in [-0.2, 0) is 20.9 Å². The van der Waals surface area contributed by atoms with E-state index in [4.69, 9.17) is 4.74 Å². The fraction of sp³-hybridized carbons (Fsp3) is 0.300. The van der Waals surface area contributed by atoms with Gasteiger partial charge in [-0.05, 0) is 74.4 Å². The number of hydrogen-bond donors (Lipinski definition) is 2. The SMILES string of the molecule is CCC(C)(C)NC(=O)[C@@H](c1cccc(OC)c1)N(C(=O)Cn1nnc2ccccc21)c1ccc(NC(C)=O)cc1. The number of ether oxygens (including phenoxy) is 1. The molecule has 0 aliphatic rings. The molecule has 0 fully saturated rings. The molecule has 1 aromatic heterocycles. The van der Waals surface area contributed by atoms with Gasteiger partial charge in [0.05, 0.1) is 12.6 Å². The van der Waals surface area contributed by atoms with Gasteiger partial charge in [-0.1, -0.05) is 36.4 Å². The summed E-state index contributed by atoms with van der Waals surface area (Å²) >= 11 is 0. The molecule has 1 heterocycles. The Balaban J connectivity index is 1.84. The van der Waals surface area contributed by atoms with Crippen LogP contribution in [0.5, 0.6) is 5.75 Å². The summed E-state index contributed by atoms with van der Waals surface area (Å²) in [4.78, 5) is 41.2. The predicted octanol–water partition coefficient (Wildman–Crippen LogP) is 4.48. The van der Waals surface area contributed by atoms with E-state index in [0.29, 0.717) is 40.1 Å². The molecule has 0 saturated carbocycles. The second-order valence-corrected chi connectivity index (χ2v) is 10.1. The van der Waals surface area contributed by atoms with Gasteiger partial charge in [-0.2, -0.15) is 0 Å². The number of nitrogens with one attached hydrogen (secondary N) is 2. The molecular formula is C30H34N6O4. The Morgan fingerprint density at radius 3 is 2.42 bits per heavy atom. The Morgan fingerprint density at radius 1 is 1.02 bits per heavy atom. The molecule has 3 amide bonds. The first-order valence-electron chi connectivity index (χ1n) is 13.1. The summed E-state index contributed by atoms with van der Waals surface area (Å²) in [5, 5.41) is 14.2. The lowest BCUT2D eigenvalue weighted by Crippen LogP contribution is -2.51. The number of nitrogens with zero attached hydrogens (tertiary/aromatic N) is 4. The minimum Gasteiger partial charge on any atom is -0.497 e. The number of aromatic nitrogens is 3. The van der Waals surface area contributed by atoms with Crippen molar-refractivity contribution in [3.05, 3.63) is 78.4 Å². The van der Waals surface area contributed by atoms with E-state index in [1.54, 1.807) is 55.6 Å². The summed E-state index contributed by atoms with van der Waals surface area (Å²) in [7, 11) is 1.55. The van der Waals surface area contributed by atoms with Gasteiger partial charge >= 0.3 is 0 Å². The van der Waals surface area contributed by atoms with Crippen LogP contribution >= 0.6 is 0 Å². The van der Waals surface area contributed by atoms with Gasteiger partial charge in [-0.15, -0.1) is 5.10 Å². The average molecular weight is 543 g/mol. The normalized spacial score (nSPS) is 12.0. The number of methoxy groups -OCH3 is 1. The van der Waals surface area contributed by atoms with Gasteiger partial charge in [0, 0.05) is 23.8 Å². The maximum atomic E-state index is 14.2. The number of hydrogen-bond acceptors (Lipinski definition) is 6. The number of fused-ring (bicyclic) bond motifs is 1. The highest BCUT2D eigenvalue weighted by atomic mass is 16.5. The monoisotopic (exact) mass is 542 g/mol. The van der Waals surface area contributed by atoms with Crippen LogP contribution in [-0.4, -0.2) is 45.4 Å². The fourth-order valence-corrected chi connectivity index (χ4v) is 4.30. The van der Waals surface area contributed by atoms with Crippen molar-refractivity contribution in [3.63, 3.8) is 0 Å². The van der Waals surface area contributed by atoms with E-state index < -0.39 is 11.6 Å². The van der Waals surface area contributed by atoms with Crippen molar-refractivity contribution in [1.29, 1.82) is 0 Å². The Labute approximate surface area is 233 Å². The molecule has 1 atom stereocenters. The summed E-state index contributed by atoms with van der Waals surface area (Å²) in [6.07, 6.45) is 0.688. The van der Waals surface area contributed by atoms with Crippen LogP contribution in [0.15, 0.2) is 72.8 Å². The zero-order chi connectivity index (χ0) is 28.9. The van der Waals surface area contributed by atoms with E-state index in [2.05, 4.69) is 20.9 Å². The molecule has 2 N–H and O–H groups in total. The summed E-state index contributed by atoms with van der Waals surface area (Å²) in [6.45, 7) is 7.12. The summed E-state index contributed by atoms with van der Waals surface area (Å²) < 4.78 is 6.96. The number of anilines is 2. The molecule has 0 aliphatic heterocycles. The van der Waals surface area contributed by atoms with E-state index in [9.17, 15) is 14.4 Å². The van der Waals surface area contributed by atoms with Crippen molar-refractivity contribution in [2.75, 3.05) is 17.3 Å². The number of para-hydroxylation sites is 1. The standard InChI is InChI=1S/C30H34N6O4/c1-6-30(3,4)32-29(39)28(21-10-9-11-24(18-21)40-5)36(23-16-14-22(15-17-23)31-20(2)37)27(38)19-35-26-13-8-7-12-25(26)33-34-35/h7-18,28H,6,19H2,1-5H3,(H,31,37)(H,32,39)/t28-/m1/s1. The first-order chi connectivity index (χ1) is 19.1. The van der Waals surface area contributed by atoms with E-state index in [0.717, 1.165) is 0 Å².